The van der Waals surface area contributed by atoms with E-state index in [0.29, 0.717) is 10.6 Å². The van der Waals surface area contributed by atoms with Gasteiger partial charge in [0.05, 0.1) is 5.02 Å². The molecule has 0 radical (unpaired) electrons. The molecule has 0 amide bonds. The third-order valence-corrected chi connectivity index (χ3v) is 3.73. The Kier molecular flexibility index (Phi) is 4.25. The number of halogens is 1. The highest BCUT2D eigenvalue weighted by atomic mass is 35.5. The highest BCUT2D eigenvalue weighted by Crippen LogP contribution is 2.24. The van der Waals surface area contributed by atoms with E-state index in [9.17, 15) is 4.79 Å². The smallest absolute Gasteiger partial charge is 0.161 e. The lowest BCUT2D eigenvalue weighted by Crippen LogP contribution is -2.28. The number of Topliss-reactive ketones (excluding diaryl/α,β-unsaturated/α-hetero) is 1. The van der Waals surface area contributed by atoms with Crippen molar-refractivity contribution in [2.45, 2.75) is 13.3 Å². The van der Waals surface area contributed by atoms with E-state index in [0.717, 1.165) is 38.3 Å². The Morgan fingerprint density at radius 2 is 2.00 bits per heavy atom. The number of rotatable bonds is 2. The molecule has 0 bridgehead atoms. The summed E-state index contributed by atoms with van der Waals surface area (Å²) in [5.41, 5.74) is 1.72. The molecule has 0 spiro atoms. The molecule has 0 aliphatic carbocycles. The molecule has 4 heteroatoms. The maximum Gasteiger partial charge on any atom is 0.161 e. The summed E-state index contributed by atoms with van der Waals surface area (Å²) in [6.07, 6.45) is 1.16. The van der Waals surface area contributed by atoms with Gasteiger partial charge in [0, 0.05) is 30.9 Å². The fraction of sp³-hybridized carbons (Fsp3) is 0.500. The minimum absolute atomic E-state index is 0.0159. The zero-order valence-corrected chi connectivity index (χ0v) is 11.7. The molecule has 1 fully saturated rings. The first-order valence-corrected chi connectivity index (χ1v) is 6.69. The van der Waals surface area contributed by atoms with Gasteiger partial charge in [-0.25, -0.2) is 0 Å². The van der Waals surface area contributed by atoms with Gasteiger partial charge in [0.2, 0.25) is 0 Å². The van der Waals surface area contributed by atoms with Gasteiger partial charge in [0.15, 0.2) is 5.78 Å². The number of hydrogen-bond acceptors (Lipinski definition) is 3. The molecule has 3 nitrogen and oxygen atoms in total. The van der Waals surface area contributed by atoms with Crippen molar-refractivity contribution in [1.82, 2.24) is 4.90 Å². The number of anilines is 1. The van der Waals surface area contributed by atoms with E-state index in [1.165, 1.54) is 0 Å². The van der Waals surface area contributed by atoms with Crippen molar-refractivity contribution in [1.29, 1.82) is 0 Å². The molecule has 0 N–H and O–H groups in total. The fourth-order valence-electron chi connectivity index (χ4n) is 2.29. The first-order valence-electron chi connectivity index (χ1n) is 6.32. The van der Waals surface area contributed by atoms with Crippen LogP contribution >= 0.6 is 11.6 Å². The van der Waals surface area contributed by atoms with E-state index < -0.39 is 0 Å². The molecule has 1 saturated heterocycles. The quantitative estimate of drug-likeness (QED) is 0.769. The Morgan fingerprint density at radius 1 is 1.22 bits per heavy atom. The highest BCUT2D eigenvalue weighted by Gasteiger charge is 2.14. The zero-order chi connectivity index (χ0) is 13.1. The van der Waals surface area contributed by atoms with Gasteiger partial charge in [-0.15, -0.1) is 0 Å². The molecule has 0 atom stereocenters. The van der Waals surface area contributed by atoms with E-state index in [1.54, 1.807) is 6.92 Å². The molecule has 0 aromatic heterocycles. The lowest BCUT2D eigenvalue weighted by Gasteiger charge is -2.23. The molecule has 1 heterocycles. The van der Waals surface area contributed by atoms with Crippen LogP contribution in [0.4, 0.5) is 5.69 Å². The summed E-state index contributed by atoms with van der Waals surface area (Å²) >= 11 is 6.16. The molecular weight excluding hydrogens is 248 g/mol. The van der Waals surface area contributed by atoms with Gasteiger partial charge in [-0.2, -0.15) is 0 Å². The largest absolute Gasteiger partial charge is 0.370 e. The maximum atomic E-state index is 11.3. The first-order chi connectivity index (χ1) is 8.58. The second-order valence-corrected chi connectivity index (χ2v) is 5.27. The molecule has 0 unspecified atom stereocenters. The molecule has 1 aromatic rings. The monoisotopic (exact) mass is 266 g/mol. The summed E-state index contributed by atoms with van der Waals surface area (Å²) in [6, 6.07) is 5.73. The third-order valence-electron chi connectivity index (χ3n) is 3.42. The van der Waals surface area contributed by atoms with Crippen LogP contribution in [0.2, 0.25) is 5.02 Å². The lowest BCUT2D eigenvalue weighted by molar-refractivity contribution is 0.101. The molecular formula is C14H19ClN2O. The molecule has 98 valence electrons. The summed E-state index contributed by atoms with van der Waals surface area (Å²) in [4.78, 5) is 16.0. The van der Waals surface area contributed by atoms with E-state index in [2.05, 4.69) is 16.8 Å². The van der Waals surface area contributed by atoms with Crippen LogP contribution < -0.4 is 4.90 Å². The molecule has 1 aliphatic heterocycles. The van der Waals surface area contributed by atoms with Crippen molar-refractivity contribution >= 4 is 23.1 Å². The van der Waals surface area contributed by atoms with Gasteiger partial charge < -0.3 is 9.80 Å². The lowest BCUT2D eigenvalue weighted by atomic mass is 10.1. The highest BCUT2D eigenvalue weighted by molar-refractivity contribution is 6.34. The summed E-state index contributed by atoms with van der Waals surface area (Å²) in [5, 5.41) is 0.553. The van der Waals surface area contributed by atoms with Crippen LogP contribution in [0.5, 0.6) is 0 Å². The van der Waals surface area contributed by atoms with E-state index in [1.807, 2.05) is 18.2 Å². The number of carbonyl (C=O) groups is 1. The van der Waals surface area contributed by atoms with Crippen LogP contribution in [0.25, 0.3) is 0 Å². The first kappa shape index (κ1) is 13.4. The number of carbonyl (C=O) groups excluding carboxylic acids is 1. The van der Waals surface area contributed by atoms with Crippen molar-refractivity contribution in [2.24, 2.45) is 0 Å². The number of likely N-dealkylation sites (N-methyl/N-ethyl adjacent to an activating group) is 1. The van der Waals surface area contributed by atoms with Crippen molar-refractivity contribution in [3.05, 3.63) is 28.8 Å². The maximum absolute atomic E-state index is 11.3. The Balaban J connectivity index is 2.18. The number of nitrogens with zero attached hydrogens (tertiary/aromatic N) is 2. The molecule has 0 saturated carbocycles. The average Bonchev–Trinajstić information content (AvgIpc) is 2.53. The Bertz CT molecular complexity index is 447. The molecule has 18 heavy (non-hydrogen) atoms. The van der Waals surface area contributed by atoms with E-state index >= 15 is 0 Å². The normalized spacial score (nSPS) is 17.6. The Hall–Kier alpha value is -1.06. The van der Waals surface area contributed by atoms with Gasteiger partial charge in [0.1, 0.15) is 0 Å². The number of benzene rings is 1. The van der Waals surface area contributed by atoms with E-state index in [4.69, 9.17) is 11.6 Å². The van der Waals surface area contributed by atoms with Gasteiger partial charge >= 0.3 is 0 Å². The fourth-order valence-corrected chi connectivity index (χ4v) is 2.60. The van der Waals surface area contributed by atoms with Gasteiger partial charge in [-0.05, 0) is 45.1 Å². The second kappa shape index (κ2) is 5.72. The summed E-state index contributed by atoms with van der Waals surface area (Å²) in [5.74, 6) is 0.0159. The van der Waals surface area contributed by atoms with Crippen LogP contribution in [-0.4, -0.2) is 43.9 Å². The van der Waals surface area contributed by atoms with E-state index in [-0.39, 0.29) is 5.78 Å². The van der Waals surface area contributed by atoms with Crippen LogP contribution in [0.15, 0.2) is 18.2 Å². The average molecular weight is 267 g/mol. The van der Waals surface area contributed by atoms with Crippen molar-refractivity contribution in [3.63, 3.8) is 0 Å². The van der Waals surface area contributed by atoms with Crippen LogP contribution in [0.1, 0.15) is 23.7 Å². The third kappa shape index (κ3) is 3.03. The topological polar surface area (TPSA) is 23.6 Å². The number of hydrogen-bond donors (Lipinski definition) is 0. The predicted molar refractivity (Wildman–Crippen MR) is 75.8 cm³/mol. The van der Waals surface area contributed by atoms with Gasteiger partial charge in [0.25, 0.3) is 0 Å². The zero-order valence-electron chi connectivity index (χ0n) is 10.9. The Morgan fingerprint density at radius 3 is 2.67 bits per heavy atom. The minimum atomic E-state index is 0.0159. The summed E-state index contributed by atoms with van der Waals surface area (Å²) in [6.45, 7) is 5.79. The van der Waals surface area contributed by atoms with Gasteiger partial charge in [-0.1, -0.05) is 11.6 Å². The molecule has 1 aromatic carbocycles. The van der Waals surface area contributed by atoms with Crippen molar-refractivity contribution < 1.29 is 4.79 Å². The van der Waals surface area contributed by atoms with Crippen LogP contribution in [0.3, 0.4) is 0 Å². The predicted octanol–water partition coefficient (Wildman–Crippen LogP) is 2.68. The van der Waals surface area contributed by atoms with Crippen molar-refractivity contribution in [2.75, 3.05) is 38.1 Å². The van der Waals surface area contributed by atoms with Crippen LogP contribution in [-0.2, 0) is 0 Å². The molecule has 2 rings (SSSR count). The number of ketones is 1. The standard InChI is InChI=1S/C14H19ClN2O/c1-11(18)13-5-4-12(10-14(13)15)17-7-3-6-16(2)8-9-17/h4-5,10H,3,6-9H2,1-2H3. The minimum Gasteiger partial charge on any atom is -0.370 e. The summed E-state index contributed by atoms with van der Waals surface area (Å²) < 4.78 is 0. The second-order valence-electron chi connectivity index (χ2n) is 4.86. The molecule has 1 aliphatic rings. The Labute approximate surface area is 113 Å². The van der Waals surface area contributed by atoms with Gasteiger partial charge in [-0.3, -0.25) is 4.79 Å². The van der Waals surface area contributed by atoms with Crippen LogP contribution in [0, 0.1) is 0 Å². The SMILES string of the molecule is CC(=O)c1ccc(N2CCCN(C)CC2)cc1Cl. The van der Waals surface area contributed by atoms with Crippen molar-refractivity contribution in [3.8, 4) is 0 Å². The summed E-state index contributed by atoms with van der Waals surface area (Å²) in [7, 11) is 2.15.